The van der Waals surface area contributed by atoms with Crippen LogP contribution in [0.1, 0.15) is 43.7 Å². The molecule has 2 aromatic rings. The molecule has 1 saturated heterocycles. The summed E-state index contributed by atoms with van der Waals surface area (Å²) < 4.78 is 2.09. The molecule has 1 aromatic heterocycles. The number of hydrogen-bond donors (Lipinski definition) is 0. The van der Waals surface area contributed by atoms with Crippen LogP contribution in [0.2, 0.25) is 0 Å². The highest BCUT2D eigenvalue weighted by atomic mass is 32.2. The number of aryl methyl sites for hydroxylation is 2. The number of hydrogen-bond acceptors (Lipinski definition) is 3. The van der Waals surface area contributed by atoms with Crippen molar-refractivity contribution < 1.29 is 4.79 Å². The molecule has 2 heterocycles. The van der Waals surface area contributed by atoms with Crippen LogP contribution in [0.3, 0.4) is 0 Å². The second-order valence-electron chi connectivity index (χ2n) is 6.87. The predicted molar refractivity (Wildman–Crippen MR) is 103 cm³/mol. The molecule has 1 fully saturated rings. The third-order valence-electron chi connectivity index (χ3n) is 4.77. The van der Waals surface area contributed by atoms with E-state index in [1.807, 2.05) is 24.2 Å². The van der Waals surface area contributed by atoms with E-state index in [9.17, 15) is 4.79 Å². The highest BCUT2D eigenvalue weighted by molar-refractivity contribution is 8.00. The molecular formula is C20H27N3OS. The molecule has 1 atom stereocenters. The van der Waals surface area contributed by atoms with Crippen molar-refractivity contribution in [3.63, 3.8) is 0 Å². The Morgan fingerprint density at radius 3 is 2.56 bits per heavy atom. The molecule has 0 N–H and O–H groups in total. The van der Waals surface area contributed by atoms with Crippen LogP contribution >= 0.6 is 11.8 Å². The van der Waals surface area contributed by atoms with E-state index in [2.05, 4.69) is 41.6 Å². The van der Waals surface area contributed by atoms with Gasteiger partial charge in [-0.15, -0.1) is 0 Å². The minimum atomic E-state index is -0.120. The highest BCUT2D eigenvalue weighted by Crippen LogP contribution is 2.27. The summed E-state index contributed by atoms with van der Waals surface area (Å²) >= 11 is 1.55. The molecular weight excluding hydrogens is 330 g/mol. The Balaban J connectivity index is 1.75. The first-order chi connectivity index (χ1) is 12.1. The van der Waals surface area contributed by atoms with Gasteiger partial charge < -0.3 is 4.90 Å². The summed E-state index contributed by atoms with van der Waals surface area (Å²) in [6.07, 6.45) is 8.51. The van der Waals surface area contributed by atoms with Crippen molar-refractivity contribution in [2.24, 2.45) is 0 Å². The van der Waals surface area contributed by atoms with Gasteiger partial charge in [-0.1, -0.05) is 42.3 Å². The van der Waals surface area contributed by atoms with Gasteiger partial charge in [0.1, 0.15) is 0 Å². The summed E-state index contributed by atoms with van der Waals surface area (Å²) in [6.45, 7) is 8.01. The van der Waals surface area contributed by atoms with Crippen molar-refractivity contribution in [1.29, 1.82) is 0 Å². The number of carbonyl (C=O) groups is 1. The first-order valence-electron chi connectivity index (χ1n) is 9.12. The third-order valence-corrected chi connectivity index (χ3v) is 5.83. The van der Waals surface area contributed by atoms with Crippen LogP contribution in [-0.2, 0) is 4.79 Å². The van der Waals surface area contributed by atoms with Crippen LogP contribution in [-0.4, -0.2) is 38.7 Å². The van der Waals surface area contributed by atoms with E-state index in [4.69, 9.17) is 0 Å². The zero-order chi connectivity index (χ0) is 17.8. The van der Waals surface area contributed by atoms with Gasteiger partial charge >= 0.3 is 0 Å². The summed E-state index contributed by atoms with van der Waals surface area (Å²) in [5.41, 5.74) is 3.59. The largest absolute Gasteiger partial charge is 0.342 e. The van der Waals surface area contributed by atoms with Crippen LogP contribution in [0.5, 0.6) is 0 Å². The lowest BCUT2D eigenvalue weighted by molar-refractivity contribution is -0.130. The van der Waals surface area contributed by atoms with Crippen molar-refractivity contribution in [2.75, 3.05) is 13.1 Å². The van der Waals surface area contributed by atoms with Gasteiger partial charge in [0.15, 0.2) is 5.16 Å². The average molecular weight is 358 g/mol. The van der Waals surface area contributed by atoms with Gasteiger partial charge in [0, 0.05) is 25.5 Å². The molecule has 0 bridgehead atoms. The lowest BCUT2D eigenvalue weighted by Crippen LogP contribution is -2.37. The van der Waals surface area contributed by atoms with Crippen LogP contribution in [0.25, 0.3) is 5.69 Å². The number of aromatic nitrogens is 2. The fourth-order valence-corrected chi connectivity index (χ4v) is 4.35. The molecule has 4 nitrogen and oxygen atoms in total. The molecule has 134 valence electrons. The summed E-state index contributed by atoms with van der Waals surface area (Å²) in [6, 6.07) is 6.41. The van der Waals surface area contributed by atoms with Gasteiger partial charge in [-0.05, 0) is 45.2 Å². The maximum Gasteiger partial charge on any atom is 0.235 e. The van der Waals surface area contributed by atoms with E-state index in [0.717, 1.165) is 36.8 Å². The molecule has 1 aromatic carbocycles. The quantitative estimate of drug-likeness (QED) is 0.763. The lowest BCUT2D eigenvalue weighted by atomic mass is 10.1. The number of nitrogens with zero attached hydrogens (tertiary/aromatic N) is 3. The highest BCUT2D eigenvalue weighted by Gasteiger charge is 2.24. The molecule has 25 heavy (non-hydrogen) atoms. The Morgan fingerprint density at radius 1 is 1.16 bits per heavy atom. The van der Waals surface area contributed by atoms with Crippen LogP contribution < -0.4 is 0 Å². The maximum atomic E-state index is 12.8. The molecule has 0 radical (unpaired) electrons. The zero-order valence-corrected chi connectivity index (χ0v) is 16.2. The zero-order valence-electron chi connectivity index (χ0n) is 15.4. The first-order valence-corrected chi connectivity index (χ1v) is 10.0. The standard InChI is InChI=1S/C20H27N3OS/c1-15-8-9-18(16(2)14-15)23-13-10-21-20(23)25-17(3)19(24)22-11-6-4-5-7-12-22/h8-10,13-14,17H,4-7,11-12H2,1-3H3/t17-/m0/s1. The molecule has 1 amide bonds. The molecule has 3 rings (SSSR count). The van der Waals surface area contributed by atoms with Gasteiger partial charge in [-0.2, -0.15) is 0 Å². The van der Waals surface area contributed by atoms with E-state index in [0.29, 0.717) is 0 Å². The Morgan fingerprint density at radius 2 is 1.88 bits per heavy atom. The Hall–Kier alpha value is -1.75. The smallest absolute Gasteiger partial charge is 0.235 e. The summed E-state index contributed by atoms with van der Waals surface area (Å²) in [7, 11) is 0. The van der Waals surface area contributed by atoms with Crippen molar-refractivity contribution >= 4 is 17.7 Å². The number of benzene rings is 1. The summed E-state index contributed by atoms with van der Waals surface area (Å²) in [5, 5.41) is 0.757. The maximum absolute atomic E-state index is 12.8. The van der Waals surface area contributed by atoms with Gasteiger partial charge in [0.2, 0.25) is 5.91 Å². The minimum absolute atomic E-state index is 0.120. The van der Waals surface area contributed by atoms with E-state index < -0.39 is 0 Å². The van der Waals surface area contributed by atoms with Crippen molar-refractivity contribution in [2.45, 2.75) is 56.9 Å². The second kappa shape index (κ2) is 8.09. The van der Waals surface area contributed by atoms with Gasteiger partial charge in [-0.25, -0.2) is 4.98 Å². The molecule has 1 aliphatic heterocycles. The Kier molecular flexibility index (Phi) is 5.84. The Labute approximate surface area is 154 Å². The van der Waals surface area contributed by atoms with E-state index in [1.165, 1.54) is 24.0 Å². The molecule has 0 spiro atoms. The number of imidazole rings is 1. The van der Waals surface area contributed by atoms with E-state index in [1.54, 1.807) is 11.8 Å². The van der Waals surface area contributed by atoms with Crippen molar-refractivity contribution in [1.82, 2.24) is 14.5 Å². The topological polar surface area (TPSA) is 38.1 Å². The number of amides is 1. The van der Waals surface area contributed by atoms with Crippen molar-refractivity contribution in [3.8, 4) is 5.69 Å². The second-order valence-corrected chi connectivity index (χ2v) is 8.18. The van der Waals surface area contributed by atoms with Crippen LogP contribution in [0.15, 0.2) is 35.7 Å². The molecule has 0 saturated carbocycles. The van der Waals surface area contributed by atoms with Gasteiger partial charge in [0.25, 0.3) is 0 Å². The van der Waals surface area contributed by atoms with Crippen LogP contribution in [0, 0.1) is 13.8 Å². The number of thioether (sulfide) groups is 1. The van der Waals surface area contributed by atoms with E-state index >= 15 is 0 Å². The lowest BCUT2D eigenvalue weighted by Gasteiger charge is -2.23. The SMILES string of the molecule is Cc1ccc(-n2ccnc2S[C@@H](C)C(=O)N2CCCCCC2)c(C)c1. The minimum Gasteiger partial charge on any atom is -0.342 e. The fraction of sp³-hybridized carbons (Fsp3) is 0.500. The molecule has 1 aliphatic rings. The average Bonchev–Trinajstić information content (AvgIpc) is 2.86. The predicted octanol–water partition coefficient (Wildman–Crippen LogP) is 4.37. The molecule has 0 unspecified atom stereocenters. The summed E-state index contributed by atoms with van der Waals surface area (Å²) in [5.74, 6) is 0.238. The summed E-state index contributed by atoms with van der Waals surface area (Å²) in [4.78, 5) is 19.3. The number of carbonyl (C=O) groups excluding carboxylic acids is 1. The normalized spacial score (nSPS) is 16.5. The third kappa shape index (κ3) is 4.27. The van der Waals surface area contributed by atoms with Gasteiger partial charge in [0.05, 0.1) is 10.9 Å². The number of rotatable bonds is 4. The monoisotopic (exact) mass is 357 g/mol. The Bertz CT molecular complexity index is 732. The number of likely N-dealkylation sites (tertiary alicyclic amines) is 1. The van der Waals surface area contributed by atoms with E-state index in [-0.39, 0.29) is 11.2 Å². The van der Waals surface area contributed by atoms with Gasteiger partial charge in [-0.3, -0.25) is 9.36 Å². The first kappa shape index (κ1) is 18.1. The molecule has 0 aliphatic carbocycles. The molecule has 5 heteroatoms. The fourth-order valence-electron chi connectivity index (χ4n) is 3.39. The van der Waals surface area contributed by atoms with Crippen LogP contribution in [0.4, 0.5) is 0 Å². The van der Waals surface area contributed by atoms with Crippen molar-refractivity contribution in [3.05, 3.63) is 41.7 Å².